The molecule has 0 fully saturated rings. The summed E-state index contributed by atoms with van der Waals surface area (Å²) in [6, 6.07) is 33.9. The molecule has 3 aromatic carbocycles. The molecule has 30 heavy (non-hydrogen) atoms. The van der Waals surface area contributed by atoms with Crippen LogP contribution in [0.4, 0.5) is 0 Å². The number of benzene rings is 3. The molecule has 0 saturated carbocycles. The zero-order chi connectivity index (χ0) is 21.1. The molecular formula is C29H38P+. The van der Waals surface area contributed by atoms with E-state index in [4.69, 9.17) is 0 Å². The van der Waals surface area contributed by atoms with Crippen molar-refractivity contribution in [2.75, 3.05) is 6.16 Å². The zero-order valence-corrected chi connectivity index (χ0v) is 19.7. The normalized spacial score (nSPS) is 12.6. The Morgan fingerprint density at radius 1 is 0.567 bits per heavy atom. The largest absolute Gasteiger partial charge is 0.112 e. The van der Waals surface area contributed by atoms with Crippen LogP contribution in [0.2, 0.25) is 0 Å². The highest BCUT2D eigenvalue weighted by atomic mass is 31.2. The van der Waals surface area contributed by atoms with E-state index in [0.29, 0.717) is 0 Å². The van der Waals surface area contributed by atoms with Gasteiger partial charge in [-0.3, -0.25) is 0 Å². The molecule has 0 bridgehead atoms. The number of unbranched alkanes of at least 4 members (excludes halogenated alkanes) is 4. The van der Waals surface area contributed by atoms with Gasteiger partial charge in [0.25, 0.3) is 0 Å². The van der Waals surface area contributed by atoms with Gasteiger partial charge in [-0.2, -0.15) is 0 Å². The molecule has 1 atom stereocenters. The van der Waals surface area contributed by atoms with E-state index >= 15 is 0 Å². The van der Waals surface area contributed by atoms with Crippen LogP contribution in [0.1, 0.15) is 58.8 Å². The van der Waals surface area contributed by atoms with Crippen LogP contribution in [0.25, 0.3) is 0 Å². The van der Waals surface area contributed by atoms with Crippen molar-refractivity contribution in [3.05, 3.63) is 91.0 Å². The van der Waals surface area contributed by atoms with Crippen LogP contribution in [0.15, 0.2) is 91.0 Å². The van der Waals surface area contributed by atoms with Crippen LogP contribution in [0, 0.1) is 5.92 Å². The van der Waals surface area contributed by atoms with Gasteiger partial charge in [-0.05, 0) is 48.7 Å². The quantitative estimate of drug-likeness (QED) is 0.213. The van der Waals surface area contributed by atoms with Gasteiger partial charge in [0, 0.05) is 0 Å². The first-order valence-electron chi connectivity index (χ1n) is 11.8. The van der Waals surface area contributed by atoms with Gasteiger partial charge in [0.15, 0.2) is 0 Å². The average Bonchev–Trinajstić information content (AvgIpc) is 2.81. The topological polar surface area (TPSA) is 0 Å². The van der Waals surface area contributed by atoms with Crippen LogP contribution in [0.5, 0.6) is 0 Å². The highest BCUT2D eigenvalue weighted by Gasteiger charge is 2.44. The van der Waals surface area contributed by atoms with E-state index in [0.717, 1.165) is 5.92 Å². The van der Waals surface area contributed by atoms with E-state index in [1.165, 1.54) is 67.0 Å². The van der Waals surface area contributed by atoms with E-state index in [-0.39, 0.29) is 0 Å². The molecule has 3 rings (SSSR count). The third-order valence-corrected chi connectivity index (χ3v) is 10.8. The molecule has 0 spiro atoms. The van der Waals surface area contributed by atoms with Crippen molar-refractivity contribution in [3.63, 3.8) is 0 Å². The van der Waals surface area contributed by atoms with Gasteiger partial charge in [0.1, 0.15) is 23.2 Å². The summed E-state index contributed by atoms with van der Waals surface area (Å²) >= 11 is 0. The Hall–Kier alpha value is -1.91. The first-order chi connectivity index (χ1) is 14.8. The standard InChI is InChI=1S/C29H38P/c1-3-4-5-6-10-17-26(2)24-25-30(27-18-11-7-12-19-27,28-20-13-8-14-21-28)29-22-15-9-16-23-29/h7-9,11-16,18-23,26H,3-6,10,17,24-25H2,1-2H3/q+1. The lowest BCUT2D eigenvalue weighted by molar-refractivity contribution is 0.476. The summed E-state index contributed by atoms with van der Waals surface area (Å²) in [4.78, 5) is 0. The van der Waals surface area contributed by atoms with Crippen LogP contribution in [0.3, 0.4) is 0 Å². The Labute approximate surface area is 185 Å². The van der Waals surface area contributed by atoms with Crippen molar-refractivity contribution in [1.29, 1.82) is 0 Å². The third-order valence-electron chi connectivity index (χ3n) is 6.35. The Bertz CT molecular complexity index is 729. The second kappa shape index (κ2) is 12.1. The maximum Gasteiger partial charge on any atom is 0.112 e. The fourth-order valence-corrected chi connectivity index (χ4v) is 9.08. The van der Waals surface area contributed by atoms with E-state index in [1.807, 2.05) is 0 Å². The molecule has 0 aliphatic heterocycles. The molecule has 0 heterocycles. The highest BCUT2D eigenvalue weighted by Crippen LogP contribution is 2.56. The molecule has 0 aliphatic carbocycles. The fourth-order valence-electron chi connectivity index (χ4n) is 4.54. The lowest BCUT2D eigenvalue weighted by atomic mass is 10.00. The summed E-state index contributed by atoms with van der Waals surface area (Å²) < 4.78 is 0. The van der Waals surface area contributed by atoms with Gasteiger partial charge in [-0.15, -0.1) is 0 Å². The fraction of sp³-hybridized carbons (Fsp3) is 0.379. The molecule has 0 radical (unpaired) electrons. The van der Waals surface area contributed by atoms with Gasteiger partial charge in [-0.25, -0.2) is 0 Å². The maximum atomic E-state index is 2.47. The predicted octanol–water partition coefficient (Wildman–Crippen LogP) is 7.37. The Morgan fingerprint density at radius 2 is 1.00 bits per heavy atom. The third kappa shape index (κ3) is 5.83. The first-order valence-corrected chi connectivity index (χ1v) is 13.8. The minimum atomic E-state index is -1.66. The summed E-state index contributed by atoms with van der Waals surface area (Å²) in [5.74, 6) is 0.780. The lowest BCUT2D eigenvalue weighted by Gasteiger charge is -2.28. The van der Waals surface area contributed by atoms with Gasteiger partial charge < -0.3 is 0 Å². The molecular weight excluding hydrogens is 379 g/mol. The molecule has 0 amide bonds. The van der Waals surface area contributed by atoms with E-state index < -0.39 is 7.26 Å². The second-order valence-electron chi connectivity index (χ2n) is 8.64. The molecule has 0 aromatic heterocycles. The summed E-state index contributed by atoms with van der Waals surface area (Å²) in [7, 11) is -1.66. The van der Waals surface area contributed by atoms with Gasteiger partial charge in [-0.1, -0.05) is 107 Å². The van der Waals surface area contributed by atoms with Crippen LogP contribution >= 0.6 is 7.26 Å². The number of hydrogen-bond acceptors (Lipinski definition) is 0. The molecule has 1 heteroatoms. The van der Waals surface area contributed by atoms with Crippen molar-refractivity contribution in [1.82, 2.24) is 0 Å². The molecule has 0 saturated heterocycles. The summed E-state index contributed by atoms with van der Waals surface area (Å²) in [6.45, 7) is 4.76. The van der Waals surface area contributed by atoms with Crippen molar-refractivity contribution in [2.24, 2.45) is 5.92 Å². The predicted molar refractivity (Wildman–Crippen MR) is 137 cm³/mol. The minimum Gasteiger partial charge on any atom is -0.0654 e. The molecule has 1 unspecified atom stereocenters. The van der Waals surface area contributed by atoms with Crippen molar-refractivity contribution >= 4 is 23.2 Å². The first kappa shape index (κ1) is 22.8. The second-order valence-corrected chi connectivity index (χ2v) is 12.3. The molecule has 0 nitrogen and oxygen atoms in total. The van der Waals surface area contributed by atoms with Crippen molar-refractivity contribution in [2.45, 2.75) is 58.8 Å². The monoisotopic (exact) mass is 417 g/mol. The van der Waals surface area contributed by atoms with Gasteiger partial charge in [0.05, 0.1) is 6.16 Å². The average molecular weight is 418 g/mol. The van der Waals surface area contributed by atoms with Crippen LogP contribution < -0.4 is 15.9 Å². The van der Waals surface area contributed by atoms with E-state index in [2.05, 4.69) is 105 Å². The summed E-state index contributed by atoms with van der Waals surface area (Å²) in [6.07, 6.45) is 10.8. The van der Waals surface area contributed by atoms with E-state index in [9.17, 15) is 0 Å². The van der Waals surface area contributed by atoms with Crippen LogP contribution in [-0.4, -0.2) is 6.16 Å². The van der Waals surface area contributed by atoms with Crippen molar-refractivity contribution in [3.8, 4) is 0 Å². The molecule has 0 aliphatic rings. The maximum absolute atomic E-state index is 2.47. The Morgan fingerprint density at radius 3 is 1.43 bits per heavy atom. The van der Waals surface area contributed by atoms with Gasteiger partial charge in [0.2, 0.25) is 0 Å². The molecule has 3 aromatic rings. The number of hydrogen-bond donors (Lipinski definition) is 0. The molecule has 0 N–H and O–H groups in total. The highest BCUT2D eigenvalue weighted by molar-refractivity contribution is 7.95. The minimum absolute atomic E-state index is 0.780. The van der Waals surface area contributed by atoms with Crippen molar-refractivity contribution < 1.29 is 0 Å². The number of rotatable bonds is 12. The lowest BCUT2D eigenvalue weighted by Crippen LogP contribution is -2.33. The Balaban J connectivity index is 1.88. The smallest absolute Gasteiger partial charge is 0.0654 e. The van der Waals surface area contributed by atoms with Gasteiger partial charge >= 0.3 is 0 Å². The zero-order valence-electron chi connectivity index (χ0n) is 18.8. The molecule has 158 valence electrons. The Kier molecular flexibility index (Phi) is 9.16. The summed E-state index contributed by atoms with van der Waals surface area (Å²) in [5, 5.41) is 4.53. The van der Waals surface area contributed by atoms with E-state index in [1.54, 1.807) is 0 Å². The SMILES string of the molecule is CCCCCCCC(C)CC[P+](c1ccccc1)(c1ccccc1)c1ccccc1. The summed E-state index contributed by atoms with van der Waals surface area (Å²) in [5.41, 5.74) is 0. The van der Waals surface area contributed by atoms with Crippen LogP contribution in [-0.2, 0) is 0 Å².